The number of rotatable bonds is 3. The van der Waals surface area contributed by atoms with E-state index in [1.54, 1.807) is 6.33 Å². The summed E-state index contributed by atoms with van der Waals surface area (Å²) >= 11 is 2.26. The van der Waals surface area contributed by atoms with Crippen molar-refractivity contribution in [3.8, 4) is 0 Å². The predicted molar refractivity (Wildman–Crippen MR) is 78.0 cm³/mol. The number of halogens is 1. The van der Waals surface area contributed by atoms with Crippen LogP contribution < -0.4 is 4.90 Å². The Labute approximate surface area is 115 Å². The third-order valence-electron chi connectivity index (χ3n) is 2.68. The molecule has 2 rings (SSSR count). The van der Waals surface area contributed by atoms with E-state index >= 15 is 0 Å². The SMILES string of the molecule is Cc1ccccc1CN(C)c1ncncc1I. The van der Waals surface area contributed by atoms with Crippen molar-refractivity contribution < 1.29 is 0 Å². The molecule has 1 aromatic heterocycles. The van der Waals surface area contributed by atoms with Crippen LogP contribution in [-0.2, 0) is 6.54 Å². The van der Waals surface area contributed by atoms with Gasteiger partial charge >= 0.3 is 0 Å². The fourth-order valence-electron chi connectivity index (χ4n) is 1.70. The van der Waals surface area contributed by atoms with Gasteiger partial charge in [-0.1, -0.05) is 24.3 Å². The van der Waals surface area contributed by atoms with Gasteiger partial charge in [-0.3, -0.25) is 0 Å². The van der Waals surface area contributed by atoms with Crippen molar-refractivity contribution in [1.29, 1.82) is 0 Å². The van der Waals surface area contributed by atoms with Crippen LogP contribution in [0.2, 0.25) is 0 Å². The number of benzene rings is 1. The number of anilines is 1. The van der Waals surface area contributed by atoms with Gasteiger partial charge in [0.15, 0.2) is 0 Å². The lowest BCUT2D eigenvalue weighted by molar-refractivity contribution is 0.879. The lowest BCUT2D eigenvalue weighted by atomic mass is 10.1. The quantitative estimate of drug-likeness (QED) is 0.805. The Hall–Kier alpha value is -1.17. The molecule has 0 aliphatic carbocycles. The molecule has 2 aromatic rings. The Morgan fingerprint density at radius 3 is 2.76 bits per heavy atom. The van der Waals surface area contributed by atoms with Crippen LogP contribution in [0.5, 0.6) is 0 Å². The molecule has 1 heterocycles. The number of aryl methyl sites for hydroxylation is 1. The van der Waals surface area contributed by atoms with Gasteiger partial charge in [-0.25, -0.2) is 9.97 Å². The molecule has 0 amide bonds. The molecule has 0 spiro atoms. The lowest BCUT2D eigenvalue weighted by Gasteiger charge is -2.20. The van der Waals surface area contributed by atoms with Gasteiger partial charge in [-0.05, 0) is 40.6 Å². The van der Waals surface area contributed by atoms with Gasteiger partial charge in [0.2, 0.25) is 0 Å². The van der Waals surface area contributed by atoms with Crippen LogP contribution in [0.4, 0.5) is 5.82 Å². The fraction of sp³-hybridized carbons (Fsp3) is 0.231. The second-order valence-electron chi connectivity index (χ2n) is 3.98. The summed E-state index contributed by atoms with van der Waals surface area (Å²) in [5, 5.41) is 0. The van der Waals surface area contributed by atoms with Crippen molar-refractivity contribution in [1.82, 2.24) is 9.97 Å². The minimum atomic E-state index is 0.861. The lowest BCUT2D eigenvalue weighted by Crippen LogP contribution is -2.19. The molecule has 0 atom stereocenters. The highest BCUT2D eigenvalue weighted by molar-refractivity contribution is 14.1. The first-order valence-electron chi connectivity index (χ1n) is 5.39. The third-order valence-corrected chi connectivity index (χ3v) is 3.44. The molecule has 4 heteroatoms. The Morgan fingerprint density at radius 2 is 2.06 bits per heavy atom. The maximum atomic E-state index is 4.31. The zero-order valence-electron chi connectivity index (χ0n) is 9.89. The molecule has 0 fully saturated rings. The van der Waals surface area contributed by atoms with Gasteiger partial charge in [0.25, 0.3) is 0 Å². The average Bonchev–Trinajstić information content (AvgIpc) is 2.32. The molecular formula is C13H14IN3. The molecule has 0 aliphatic heterocycles. The maximum Gasteiger partial charge on any atom is 0.145 e. The second-order valence-corrected chi connectivity index (χ2v) is 5.14. The summed E-state index contributed by atoms with van der Waals surface area (Å²) in [6.07, 6.45) is 3.42. The van der Waals surface area contributed by atoms with E-state index in [1.165, 1.54) is 11.1 Å². The van der Waals surface area contributed by atoms with Crippen LogP contribution >= 0.6 is 22.6 Å². The molecule has 3 nitrogen and oxygen atoms in total. The van der Waals surface area contributed by atoms with Crippen LogP contribution in [0.25, 0.3) is 0 Å². The van der Waals surface area contributed by atoms with Gasteiger partial charge < -0.3 is 4.90 Å². The van der Waals surface area contributed by atoms with Crippen molar-refractivity contribution in [3.63, 3.8) is 0 Å². The average molecular weight is 339 g/mol. The van der Waals surface area contributed by atoms with E-state index in [9.17, 15) is 0 Å². The van der Waals surface area contributed by atoms with Crippen LogP contribution in [-0.4, -0.2) is 17.0 Å². The zero-order chi connectivity index (χ0) is 12.3. The summed E-state index contributed by atoms with van der Waals surface area (Å²) in [4.78, 5) is 10.5. The molecule has 0 N–H and O–H groups in total. The van der Waals surface area contributed by atoms with Crippen molar-refractivity contribution in [3.05, 3.63) is 51.5 Å². The van der Waals surface area contributed by atoms with E-state index in [-0.39, 0.29) is 0 Å². The van der Waals surface area contributed by atoms with Crippen molar-refractivity contribution in [2.45, 2.75) is 13.5 Å². The van der Waals surface area contributed by atoms with Gasteiger partial charge in [-0.15, -0.1) is 0 Å². The zero-order valence-corrected chi connectivity index (χ0v) is 12.0. The molecule has 1 aromatic carbocycles. The first kappa shape index (κ1) is 12.3. The highest BCUT2D eigenvalue weighted by Crippen LogP contribution is 2.19. The summed E-state index contributed by atoms with van der Waals surface area (Å²) in [6, 6.07) is 8.42. The number of nitrogens with zero attached hydrogens (tertiary/aromatic N) is 3. The van der Waals surface area contributed by atoms with Crippen LogP contribution in [0.3, 0.4) is 0 Å². The number of hydrogen-bond donors (Lipinski definition) is 0. The summed E-state index contributed by atoms with van der Waals surface area (Å²) in [6.45, 7) is 2.99. The van der Waals surface area contributed by atoms with Crippen LogP contribution in [0, 0.1) is 10.5 Å². The van der Waals surface area contributed by atoms with E-state index in [0.29, 0.717) is 0 Å². The van der Waals surface area contributed by atoms with E-state index in [4.69, 9.17) is 0 Å². The van der Waals surface area contributed by atoms with E-state index in [1.807, 2.05) is 6.20 Å². The first-order chi connectivity index (χ1) is 8.18. The van der Waals surface area contributed by atoms with Crippen molar-refractivity contribution >= 4 is 28.4 Å². The largest absolute Gasteiger partial charge is 0.354 e. The predicted octanol–water partition coefficient (Wildman–Crippen LogP) is 3.03. The van der Waals surface area contributed by atoms with Crippen molar-refractivity contribution in [2.75, 3.05) is 11.9 Å². The van der Waals surface area contributed by atoms with Crippen LogP contribution in [0.15, 0.2) is 36.8 Å². The van der Waals surface area contributed by atoms with Gasteiger partial charge in [0.1, 0.15) is 12.1 Å². The fourth-order valence-corrected chi connectivity index (χ4v) is 2.42. The Morgan fingerprint density at radius 1 is 1.29 bits per heavy atom. The molecule has 0 radical (unpaired) electrons. The molecule has 0 unspecified atom stereocenters. The van der Waals surface area contributed by atoms with E-state index < -0.39 is 0 Å². The van der Waals surface area contributed by atoms with Crippen molar-refractivity contribution in [2.24, 2.45) is 0 Å². The topological polar surface area (TPSA) is 29.0 Å². The summed E-state index contributed by atoms with van der Waals surface area (Å²) in [5.74, 6) is 0.976. The Bertz CT molecular complexity index is 514. The minimum Gasteiger partial charge on any atom is -0.354 e. The molecule has 0 bridgehead atoms. The highest BCUT2D eigenvalue weighted by atomic mass is 127. The Balaban J connectivity index is 2.20. The summed E-state index contributed by atoms with van der Waals surface area (Å²) in [7, 11) is 2.05. The molecule has 0 saturated heterocycles. The van der Waals surface area contributed by atoms with E-state index in [2.05, 4.69) is 75.7 Å². The molecular weight excluding hydrogens is 325 g/mol. The number of hydrogen-bond acceptors (Lipinski definition) is 3. The first-order valence-corrected chi connectivity index (χ1v) is 6.47. The summed E-state index contributed by atoms with van der Waals surface area (Å²) < 4.78 is 1.07. The maximum absolute atomic E-state index is 4.31. The monoisotopic (exact) mass is 339 g/mol. The Kier molecular flexibility index (Phi) is 3.93. The molecule has 88 valence electrons. The summed E-state index contributed by atoms with van der Waals surface area (Å²) in [5.41, 5.74) is 2.63. The molecule has 0 saturated carbocycles. The van der Waals surface area contributed by atoms with Gasteiger partial charge in [0, 0.05) is 19.8 Å². The normalized spacial score (nSPS) is 10.3. The number of aromatic nitrogens is 2. The van der Waals surface area contributed by atoms with E-state index in [0.717, 1.165) is 15.9 Å². The van der Waals surface area contributed by atoms with Gasteiger partial charge in [-0.2, -0.15) is 0 Å². The molecule has 0 aliphatic rings. The minimum absolute atomic E-state index is 0.861. The molecule has 17 heavy (non-hydrogen) atoms. The van der Waals surface area contributed by atoms with Gasteiger partial charge in [0.05, 0.1) is 3.57 Å². The highest BCUT2D eigenvalue weighted by Gasteiger charge is 2.08. The smallest absolute Gasteiger partial charge is 0.145 e. The third kappa shape index (κ3) is 2.94. The second kappa shape index (κ2) is 5.44. The van der Waals surface area contributed by atoms with Crippen LogP contribution in [0.1, 0.15) is 11.1 Å². The standard InChI is InChI=1S/C13H14IN3/c1-10-5-3-4-6-11(10)8-17(2)13-12(14)7-15-9-16-13/h3-7,9H,8H2,1-2H3.